The van der Waals surface area contributed by atoms with Crippen LogP contribution in [0.3, 0.4) is 0 Å². The van der Waals surface area contributed by atoms with Crippen molar-refractivity contribution in [2.24, 2.45) is 10.7 Å². The van der Waals surface area contributed by atoms with Crippen LogP contribution in [0.5, 0.6) is 5.75 Å². The van der Waals surface area contributed by atoms with Crippen LogP contribution in [-0.2, 0) is 19.4 Å². The van der Waals surface area contributed by atoms with Crippen molar-refractivity contribution in [2.75, 3.05) is 13.1 Å². The van der Waals surface area contributed by atoms with Crippen LogP contribution in [0.4, 0.5) is 0 Å². The van der Waals surface area contributed by atoms with Gasteiger partial charge in [-0.15, -0.1) is 24.0 Å². The molecule has 0 atom stereocenters. The summed E-state index contributed by atoms with van der Waals surface area (Å²) in [5.41, 5.74) is 9.33. The zero-order chi connectivity index (χ0) is 19.4. The van der Waals surface area contributed by atoms with Crippen molar-refractivity contribution in [1.82, 2.24) is 10.3 Å². The summed E-state index contributed by atoms with van der Waals surface area (Å²) in [6.45, 7) is 1.94. The summed E-state index contributed by atoms with van der Waals surface area (Å²) in [5, 5.41) is 3.15. The van der Waals surface area contributed by atoms with E-state index < -0.39 is 0 Å². The Morgan fingerprint density at radius 3 is 2.38 bits per heavy atom. The van der Waals surface area contributed by atoms with Gasteiger partial charge in [-0.3, -0.25) is 9.98 Å². The minimum absolute atomic E-state index is 0. The second kappa shape index (κ2) is 12.8. The topological polar surface area (TPSA) is 72.5 Å². The number of ether oxygens (including phenoxy) is 1. The molecule has 0 bridgehead atoms. The van der Waals surface area contributed by atoms with Crippen molar-refractivity contribution in [3.63, 3.8) is 0 Å². The van der Waals surface area contributed by atoms with Crippen molar-refractivity contribution in [3.05, 3.63) is 95.8 Å². The molecule has 0 aliphatic rings. The Balaban J connectivity index is 0.00000300. The third-order valence-electron chi connectivity index (χ3n) is 4.27. The molecule has 0 aliphatic heterocycles. The first-order valence-corrected chi connectivity index (χ1v) is 9.49. The number of halogens is 1. The van der Waals surface area contributed by atoms with Crippen LogP contribution in [0.25, 0.3) is 0 Å². The van der Waals surface area contributed by atoms with Gasteiger partial charge >= 0.3 is 0 Å². The Kier molecular flexibility index (Phi) is 9.99. The highest BCUT2D eigenvalue weighted by molar-refractivity contribution is 14.0. The number of hydrogen-bond acceptors (Lipinski definition) is 3. The number of nitrogens with zero attached hydrogens (tertiary/aromatic N) is 2. The monoisotopic (exact) mass is 502 g/mol. The van der Waals surface area contributed by atoms with E-state index in [1.54, 1.807) is 6.20 Å². The molecule has 0 saturated carbocycles. The van der Waals surface area contributed by atoms with Crippen LogP contribution < -0.4 is 15.8 Å². The van der Waals surface area contributed by atoms with Crippen LogP contribution >= 0.6 is 24.0 Å². The fourth-order valence-electron chi connectivity index (χ4n) is 2.72. The first-order valence-electron chi connectivity index (χ1n) is 9.49. The van der Waals surface area contributed by atoms with E-state index in [1.807, 2.05) is 48.5 Å². The maximum Gasteiger partial charge on any atom is 0.188 e. The molecule has 3 N–H and O–H groups in total. The average Bonchev–Trinajstić information content (AvgIpc) is 2.75. The smallest absolute Gasteiger partial charge is 0.188 e. The number of nitrogens with one attached hydrogen (secondary N) is 1. The van der Waals surface area contributed by atoms with Crippen molar-refractivity contribution in [1.29, 1.82) is 0 Å². The summed E-state index contributed by atoms with van der Waals surface area (Å²) < 4.78 is 5.81. The summed E-state index contributed by atoms with van der Waals surface area (Å²) in [6.07, 6.45) is 3.45. The molecule has 1 aromatic heterocycles. The van der Waals surface area contributed by atoms with Gasteiger partial charge in [-0.1, -0.05) is 48.5 Å². The van der Waals surface area contributed by atoms with Crippen LogP contribution in [0.2, 0.25) is 0 Å². The predicted molar refractivity (Wildman–Crippen MR) is 129 cm³/mol. The van der Waals surface area contributed by atoms with Crippen molar-refractivity contribution >= 4 is 29.9 Å². The second-order valence-electron chi connectivity index (χ2n) is 6.43. The maximum atomic E-state index is 5.92. The molecule has 3 rings (SSSR count). The van der Waals surface area contributed by atoms with Gasteiger partial charge in [-0.25, -0.2) is 0 Å². The molecule has 0 amide bonds. The largest absolute Gasteiger partial charge is 0.489 e. The normalized spacial score (nSPS) is 10.8. The zero-order valence-corrected chi connectivity index (χ0v) is 18.7. The molecule has 3 aromatic rings. The molecule has 0 aliphatic carbocycles. The van der Waals surface area contributed by atoms with Crippen LogP contribution in [-0.4, -0.2) is 24.0 Å². The number of rotatable bonds is 9. The molecule has 2 aromatic carbocycles. The van der Waals surface area contributed by atoms with E-state index in [-0.39, 0.29) is 24.0 Å². The van der Waals surface area contributed by atoms with E-state index in [9.17, 15) is 0 Å². The third-order valence-corrected chi connectivity index (χ3v) is 4.27. The van der Waals surface area contributed by atoms with Crippen molar-refractivity contribution in [3.8, 4) is 5.75 Å². The standard InChI is InChI=1S/C23H26N4O.HI/c24-23(27-17-14-21-8-4-5-15-25-21)26-16-13-19-9-11-22(12-10-19)28-18-20-6-2-1-3-7-20;/h1-12,15H,13-14,16-18H2,(H3,24,26,27);1H. The van der Waals surface area contributed by atoms with Gasteiger partial charge in [-0.2, -0.15) is 0 Å². The van der Waals surface area contributed by atoms with E-state index in [0.29, 0.717) is 19.1 Å². The summed E-state index contributed by atoms with van der Waals surface area (Å²) in [6, 6.07) is 24.2. The van der Waals surface area contributed by atoms with E-state index in [1.165, 1.54) is 5.56 Å². The highest BCUT2D eigenvalue weighted by atomic mass is 127. The van der Waals surface area contributed by atoms with E-state index in [0.717, 1.165) is 36.4 Å². The molecular weight excluding hydrogens is 475 g/mol. The highest BCUT2D eigenvalue weighted by Gasteiger charge is 1.99. The molecule has 0 radical (unpaired) electrons. The highest BCUT2D eigenvalue weighted by Crippen LogP contribution is 2.14. The van der Waals surface area contributed by atoms with Crippen molar-refractivity contribution in [2.45, 2.75) is 19.4 Å². The molecule has 6 heteroatoms. The molecule has 29 heavy (non-hydrogen) atoms. The molecule has 0 fully saturated rings. The lowest BCUT2D eigenvalue weighted by Crippen LogP contribution is -2.33. The molecule has 0 unspecified atom stereocenters. The number of pyridine rings is 1. The van der Waals surface area contributed by atoms with Crippen molar-refractivity contribution < 1.29 is 4.74 Å². The van der Waals surface area contributed by atoms with Gasteiger partial charge in [0.05, 0.1) is 0 Å². The lowest BCUT2D eigenvalue weighted by molar-refractivity contribution is 0.306. The number of nitrogens with two attached hydrogens (primary N) is 1. The lowest BCUT2D eigenvalue weighted by Gasteiger charge is -2.08. The first-order chi connectivity index (χ1) is 13.8. The summed E-state index contributed by atoms with van der Waals surface area (Å²) in [4.78, 5) is 8.62. The van der Waals surface area contributed by atoms with Gasteiger partial charge < -0.3 is 15.8 Å². The quantitative estimate of drug-likeness (QED) is 0.264. The van der Waals surface area contributed by atoms with E-state index in [2.05, 4.69) is 39.6 Å². The van der Waals surface area contributed by atoms with Crippen LogP contribution in [0.15, 0.2) is 84.0 Å². The first kappa shape index (κ1) is 22.7. The van der Waals surface area contributed by atoms with Crippen LogP contribution in [0.1, 0.15) is 16.8 Å². The lowest BCUT2D eigenvalue weighted by atomic mass is 10.1. The van der Waals surface area contributed by atoms with Gasteiger partial charge in [0.1, 0.15) is 12.4 Å². The molecule has 0 spiro atoms. The van der Waals surface area contributed by atoms with Gasteiger partial charge in [0.2, 0.25) is 0 Å². The number of hydrogen-bond donors (Lipinski definition) is 2. The number of aliphatic imine (C=N–C) groups is 1. The van der Waals surface area contributed by atoms with E-state index in [4.69, 9.17) is 10.5 Å². The Morgan fingerprint density at radius 1 is 0.897 bits per heavy atom. The fraction of sp³-hybridized carbons (Fsp3) is 0.217. The summed E-state index contributed by atoms with van der Waals surface area (Å²) in [5.74, 6) is 1.34. The van der Waals surface area contributed by atoms with Gasteiger partial charge in [0.15, 0.2) is 5.96 Å². The summed E-state index contributed by atoms with van der Waals surface area (Å²) >= 11 is 0. The van der Waals surface area contributed by atoms with E-state index >= 15 is 0 Å². The Labute approximate surface area is 189 Å². The zero-order valence-electron chi connectivity index (χ0n) is 16.3. The number of guanidine groups is 1. The number of aromatic nitrogens is 1. The average molecular weight is 502 g/mol. The third kappa shape index (κ3) is 8.51. The Bertz CT molecular complexity index is 855. The second-order valence-corrected chi connectivity index (χ2v) is 6.43. The fourth-order valence-corrected chi connectivity index (χ4v) is 2.72. The number of benzene rings is 2. The van der Waals surface area contributed by atoms with Gasteiger partial charge in [0, 0.05) is 31.4 Å². The SMILES string of the molecule is I.NC(=NCCc1ccccn1)NCCc1ccc(OCc2ccccc2)cc1. The molecular formula is C23H27IN4O. The molecule has 5 nitrogen and oxygen atoms in total. The van der Waals surface area contributed by atoms with Gasteiger partial charge in [0.25, 0.3) is 0 Å². The molecule has 0 saturated heterocycles. The Morgan fingerprint density at radius 2 is 1.66 bits per heavy atom. The van der Waals surface area contributed by atoms with Crippen LogP contribution in [0, 0.1) is 0 Å². The molecule has 152 valence electrons. The minimum Gasteiger partial charge on any atom is -0.489 e. The molecule has 1 heterocycles. The Hall–Kier alpha value is -2.61. The maximum absolute atomic E-state index is 5.92. The predicted octanol–water partition coefficient (Wildman–Crippen LogP) is 3.97. The van der Waals surface area contributed by atoms with Gasteiger partial charge in [-0.05, 0) is 41.8 Å². The summed E-state index contributed by atoms with van der Waals surface area (Å²) in [7, 11) is 0. The minimum atomic E-state index is 0.